The molecule has 0 saturated carbocycles. The Morgan fingerprint density at radius 3 is 2.00 bits per heavy atom. The first kappa shape index (κ1) is 12.4. The summed E-state index contributed by atoms with van der Waals surface area (Å²) < 4.78 is 0. The molecule has 0 bridgehead atoms. The monoisotopic (exact) mass is 190 g/mol. The van der Waals surface area contributed by atoms with Gasteiger partial charge in [-0.2, -0.15) is 0 Å². The third kappa shape index (κ3) is 3.32. The number of aliphatic hydroxyl groups is 2. The summed E-state index contributed by atoms with van der Waals surface area (Å²) >= 11 is 0. The van der Waals surface area contributed by atoms with Crippen LogP contribution in [0.4, 0.5) is 0 Å². The van der Waals surface area contributed by atoms with Gasteiger partial charge >= 0.3 is 5.97 Å². The fraction of sp³-hybridized carbons (Fsp3) is 0.889. The lowest BCUT2D eigenvalue weighted by molar-refractivity contribution is -0.147. The number of carboxylic acids is 1. The molecule has 0 unspecified atom stereocenters. The maximum atomic E-state index is 10.5. The summed E-state index contributed by atoms with van der Waals surface area (Å²) in [5.74, 6) is -2.24. The van der Waals surface area contributed by atoms with Crippen LogP contribution in [-0.2, 0) is 4.79 Å². The number of rotatable bonds is 5. The third-order valence-electron chi connectivity index (χ3n) is 2.43. The zero-order valence-electron chi connectivity index (χ0n) is 8.27. The van der Waals surface area contributed by atoms with Crippen LogP contribution < -0.4 is 0 Å². The summed E-state index contributed by atoms with van der Waals surface area (Å²) in [7, 11) is 0. The molecule has 0 aromatic rings. The van der Waals surface area contributed by atoms with Crippen LogP contribution in [0.2, 0.25) is 0 Å². The Bertz CT molecular complexity index is 167. The van der Waals surface area contributed by atoms with Crippen molar-refractivity contribution in [3.63, 3.8) is 0 Å². The second-order valence-electron chi connectivity index (χ2n) is 3.43. The molecule has 4 nitrogen and oxygen atoms in total. The Morgan fingerprint density at radius 2 is 1.77 bits per heavy atom. The average molecular weight is 190 g/mol. The highest BCUT2D eigenvalue weighted by Crippen LogP contribution is 2.20. The third-order valence-corrected chi connectivity index (χ3v) is 2.43. The minimum atomic E-state index is -1.04. The first-order valence-corrected chi connectivity index (χ1v) is 4.50. The van der Waals surface area contributed by atoms with E-state index >= 15 is 0 Å². The number of aliphatic carboxylic acids is 1. The van der Waals surface area contributed by atoms with Crippen molar-refractivity contribution >= 4 is 5.97 Å². The van der Waals surface area contributed by atoms with E-state index < -0.39 is 24.1 Å². The van der Waals surface area contributed by atoms with Crippen LogP contribution in [0.3, 0.4) is 0 Å². The van der Waals surface area contributed by atoms with Crippen molar-refractivity contribution in [1.29, 1.82) is 0 Å². The van der Waals surface area contributed by atoms with Gasteiger partial charge < -0.3 is 15.3 Å². The summed E-state index contributed by atoms with van der Waals surface area (Å²) in [6.45, 7) is 4.82. The fourth-order valence-electron chi connectivity index (χ4n) is 1.38. The van der Waals surface area contributed by atoms with E-state index in [9.17, 15) is 15.0 Å². The predicted octanol–water partition coefficient (Wildman–Crippen LogP) is 0.475. The molecule has 0 aliphatic rings. The minimum Gasteiger partial charge on any atom is -0.481 e. The molecule has 0 aromatic heterocycles. The quantitative estimate of drug-likeness (QED) is 0.589. The highest BCUT2D eigenvalue weighted by atomic mass is 16.4. The zero-order valence-corrected chi connectivity index (χ0v) is 8.27. The van der Waals surface area contributed by atoms with E-state index in [1.165, 1.54) is 6.92 Å². The molecule has 0 saturated heterocycles. The van der Waals surface area contributed by atoms with E-state index in [1.54, 1.807) is 6.92 Å². The van der Waals surface area contributed by atoms with Crippen molar-refractivity contribution in [2.24, 2.45) is 11.8 Å². The van der Waals surface area contributed by atoms with Gasteiger partial charge in [-0.25, -0.2) is 0 Å². The second-order valence-corrected chi connectivity index (χ2v) is 3.43. The molecule has 0 aliphatic heterocycles. The van der Waals surface area contributed by atoms with Crippen LogP contribution in [0, 0.1) is 11.8 Å². The van der Waals surface area contributed by atoms with Crippen molar-refractivity contribution in [2.75, 3.05) is 0 Å². The van der Waals surface area contributed by atoms with Gasteiger partial charge in [0.15, 0.2) is 0 Å². The number of aliphatic hydroxyl groups excluding tert-OH is 2. The number of carbonyl (C=O) groups is 1. The van der Waals surface area contributed by atoms with Crippen LogP contribution in [0.25, 0.3) is 0 Å². The number of carboxylic acid groups (broad SMARTS) is 1. The van der Waals surface area contributed by atoms with Gasteiger partial charge in [0, 0.05) is 5.92 Å². The van der Waals surface area contributed by atoms with E-state index in [1.807, 2.05) is 6.92 Å². The minimum absolute atomic E-state index is 0.369. The topological polar surface area (TPSA) is 77.8 Å². The molecule has 0 radical (unpaired) electrons. The standard InChI is InChI=1S/C9H18O4/c1-4-7(6(3)10)8(11)5(2)9(12)13/h5-8,10-11H,4H2,1-3H3,(H,12,13)/t5-,6+,7-,8-/m0/s1. The van der Waals surface area contributed by atoms with Crippen LogP contribution >= 0.6 is 0 Å². The van der Waals surface area contributed by atoms with Crippen molar-refractivity contribution in [3.8, 4) is 0 Å². The summed E-state index contributed by atoms with van der Waals surface area (Å²) in [5, 5.41) is 27.5. The Morgan fingerprint density at radius 1 is 1.31 bits per heavy atom. The van der Waals surface area contributed by atoms with Crippen molar-refractivity contribution < 1.29 is 20.1 Å². The van der Waals surface area contributed by atoms with Gasteiger partial charge in [-0.1, -0.05) is 6.92 Å². The highest BCUT2D eigenvalue weighted by Gasteiger charge is 2.30. The Hall–Kier alpha value is -0.610. The van der Waals surface area contributed by atoms with Gasteiger partial charge in [-0.15, -0.1) is 0 Å². The number of hydrogen-bond acceptors (Lipinski definition) is 3. The average Bonchev–Trinajstić information content (AvgIpc) is 2.03. The summed E-state index contributed by atoms with van der Waals surface area (Å²) in [6, 6.07) is 0. The van der Waals surface area contributed by atoms with E-state index in [4.69, 9.17) is 5.11 Å². The summed E-state index contributed by atoms with van der Waals surface area (Å²) in [6.07, 6.45) is -1.10. The van der Waals surface area contributed by atoms with Gasteiger partial charge in [0.05, 0.1) is 18.1 Å². The van der Waals surface area contributed by atoms with Gasteiger partial charge in [0.2, 0.25) is 0 Å². The Labute approximate surface area is 78.2 Å². The molecule has 0 aliphatic carbocycles. The normalized spacial score (nSPS) is 20.4. The van der Waals surface area contributed by atoms with E-state index in [0.29, 0.717) is 6.42 Å². The zero-order chi connectivity index (χ0) is 10.6. The first-order chi connectivity index (χ1) is 5.91. The smallest absolute Gasteiger partial charge is 0.308 e. The Kier molecular flexibility index (Phi) is 4.95. The van der Waals surface area contributed by atoms with Crippen LogP contribution in [0.15, 0.2) is 0 Å². The van der Waals surface area contributed by atoms with Gasteiger partial charge in [0.1, 0.15) is 0 Å². The van der Waals surface area contributed by atoms with E-state index in [-0.39, 0.29) is 5.92 Å². The molecule has 4 atom stereocenters. The largest absolute Gasteiger partial charge is 0.481 e. The molecule has 0 rings (SSSR count). The number of hydrogen-bond donors (Lipinski definition) is 3. The van der Waals surface area contributed by atoms with Crippen molar-refractivity contribution in [2.45, 2.75) is 39.4 Å². The summed E-state index contributed by atoms with van der Waals surface area (Å²) in [5.41, 5.74) is 0. The molecular formula is C9H18O4. The highest BCUT2D eigenvalue weighted by molar-refractivity contribution is 5.70. The van der Waals surface area contributed by atoms with Crippen LogP contribution in [0.1, 0.15) is 27.2 Å². The second kappa shape index (κ2) is 5.19. The molecule has 4 heteroatoms. The molecular weight excluding hydrogens is 172 g/mol. The molecule has 0 amide bonds. The lowest BCUT2D eigenvalue weighted by Crippen LogP contribution is -2.37. The van der Waals surface area contributed by atoms with Gasteiger partial charge in [0.25, 0.3) is 0 Å². The molecule has 0 aromatic carbocycles. The lowest BCUT2D eigenvalue weighted by atomic mass is 9.87. The van der Waals surface area contributed by atoms with Crippen LogP contribution in [-0.4, -0.2) is 33.5 Å². The molecule has 78 valence electrons. The fourth-order valence-corrected chi connectivity index (χ4v) is 1.38. The summed E-state index contributed by atoms with van der Waals surface area (Å²) in [4.78, 5) is 10.5. The molecule has 13 heavy (non-hydrogen) atoms. The van der Waals surface area contributed by atoms with E-state index in [2.05, 4.69) is 0 Å². The van der Waals surface area contributed by atoms with Crippen LogP contribution in [0.5, 0.6) is 0 Å². The molecule has 0 heterocycles. The lowest BCUT2D eigenvalue weighted by Gasteiger charge is -2.26. The molecule has 0 spiro atoms. The molecule has 0 fully saturated rings. The van der Waals surface area contributed by atoms with Crippen molar-refractivity contribution in [1.82, 2.24) is 0 Å². The predicted molar refractivity (Wildman–Crippen MR) is 48.3 cm³/mol. The van der Waals surface area contributed by atoms with Gasteiger partial charge in [-0.05, 0) is 20.3 Å². The Balaban J connectivity index is 4.36. The molecule has 3 N–H and O–H groups in total. The van der Waals surface area contributed by atoms with Crippen molar-refractivity contribution in [3.05, 3.63) is 0 Å². The maximum absolute atomic E-state index is 10.5. The SMILES string of the molecule is CC[C@H]([C@@H](O)[C@H](C)C(=O)O)[C@@H](C)O. The van der Waals surface area contributed by atoms with Gasteiger partial charge in [-0.3, -0.25) is 4.79 Å². The van der Waals surface area contributed by atoms with E-state index in [0.717, 1.165) is 0 Å². The maximum Gasteiger partial charge on any atom is 0.308 e. The first-order valence-electron chi connectivity index (χ1n) is 4.50.